The summed E-state index contributed by atoms with van der Waals surface area (Å²) >= 11 is 0. The number of nitrogens with zero attached hydrogens (tertiary/aromatic N) is 1. The molecule has 88 valence electrons. The van der Waals surface area contributed by atoms with Gasteiger partial charge in [-0.1, -0.05) is 23.4 Å². The summed E-state index contributed by atoms with van der Waals surface area (Å²) in [5.74, 6) is -0.934. The molecule has 0 bridgehead atoms. The van der Waals surface area contributed by atoms with Gasteiger partial charge in [-0.15, -0.1) is 6.58 Å². The summed E-state index contributed by atoms with van der Waals surface area (Å²) in [5, 5.41) is 14.0. The minimum atomic E-state index is -1.10. The van der Waals surface area contributed by atoms with Crippen LogP contribution in [0.25, 0.3) is 11.0 Å². The van der Waals surface area contributed by atoms with Crippen LogP contribution in [0.3, 0.4) is 0 Å². The van der Waals surface area contributed by atoms with Crippen LogP contribution in [-0.4, -0.2) is 16.2 Å². The van der Waals surface area contributed by atoms with E-state index in [1.807, 2.05) is 18.2 Å². The van der Waals surface area contributed by atoms with Gasteiger partial charge in [0.1, 0.15) is 11.1 Å². The van der Waals surface area contributed by atoms with Gasteiger partial charge in [-0.25, -0.2) is 0 Å². The predicted molar refractivity (Wildman–Crippen MR) is 63.8 cm³/mol. The Morgan fingerprint density at radius 2 is 2.29 bits per heavy atom. The quantitative estimate of drug-likeness (QED) is 0.822. The molecular weight excluding hydrogens is 218 g/mol. The first-order chi connectivity index (χ1) is 8.09. The average Bonchev–Trinajstić information content (AvgIpc) is 2.73. The number of hydrogen-bond donors (Lipinski definition) is 1. The normalized spacial score (nSPS) is 14.4. The predicted octanol–water partition coefficient (Wildman–Crippen LogP) is 2.75. The van der Waals surface area contributed by atoms with Crippen LogP contribution in [0.2, 0.25) is 0 Å². The Kier molecular flexibility index (Phi) is 2.71. The van der Waals surface area contributed by atoms with Gasteiger partial charge in [0.05, 0.1) is 0 Å². The average molecular weight is 231 g/mol. The fourth-order valence-corrected chi connectivity index (χ4v) is 1.86. The Balaban J connectivity index is 2.64. The number of carboxylic acids is 1. The number of fused-ring (bicyclic) bond motifs is 1. The minimum absolute atomic E-state index is 0.304. The van der Waals surface area contributed by atoms with Gasteiger partial charge in [-0.05, 0) is 25.5 Å². The lowest BCUT2D eigenvalue weighted by atomic mass is 9.82. The molecule has 4 nitrogen and oxygen atoms in total. The third-order valence-corrected chi connectivity index (χ3v) is 2.92. The molecule has 17 heavy (non-hydrogen) atoms. The third-order valence-electron chi connectivity index (χ3n) is 2.92. The molecule has 0 saturated carbocycles. The maximum absolute atomic E-state index is 11.4. The molecular formula is C13H13NO3. The molecule has 0 aliphatic heterocycles. The zero-order chi connectivity index (χ0) is 12.5. The second-order valence-electron chi connectivity index (χ2n) is 4.16. The van der Waals surface area contributed by atoms with Gasteiger partial charge in [-0.3, -0.25) is 4.79 Å². The Hall–Kier alpha value is -2.10. The van der Waals surface area contributed by atoms with E-state index in [-0.39, 0.29) is 0 Å². The number of carboxylic acid groups (broad SMARTS) is 1. The molecule has 0 fully saturated rings. The SMILES string of the molecule is C=CCC(C)(C(=O)O)c1noc2ccccc12. The van der Waals surface area contributed by atoms with Crippen LogP contribution >= 0.6 is 0 Å². The molecule has 0 spiro atoms. The van der Waals surface area contributed by atoms with Gasteiger partial charge in [0.15, 0.2) is 5.58 Å². The molecule has 4 heteroatoms. The van der Waals surface area contributed by atoms with Crippen molar-refractivity contribution in [2.24, 2.45) is 0 Å². The maximum Gasteiger partial charge on any atom is 0.315 e. The molecule has 2 rings (SSSR count). The molecule has 0 saturated heterocycles. The monoisotopic (exact) mass is 231 g/mol. The number of aromatic nitrogens is 1. The molecule has 1 N–H and O–H groups in total. The fraction of sp³-hybridized carbons (Fsp3) is 0.231. The number of rotatable bonds is 4. The van der Waals surface area contributed by atoms with Crippen molar-refractivity contribution in [1.29, 1.82) is 0 Å². The molecule has 0 aliphatic carbocycles. The van der Waals surface area contributed by atoms with E-state index in [0.717, 1.165) is 5.39 Å². The summed E-state index contributed by atoms with van der Waals surface area (Å²) in [5.41, 5.74) is -0.0616. The Morgan fingerprint density at radius 3 is 2.94 bits per heavy atom. The summed E-state index contributed by atoms with van der Waals surface area (Å²) in [6, 6.07) is 7.23. The molecule has 1 aromatic heterocycles. The molecule has 2 aromatic rings. The topological polar surface area (TPSA) is 63.3 Å². The van der Waals surface area contributed by atoms with Gasteiger partial charge in [-0.2, -0.15) is 0 Å². The lowest BCUT2D eigenvalue weighted by Gasteiger charge is -2.20. The molecule has 1 atom stereocenters. The van der Waals surface area contributed by atoms with Crippen LogP contribution in [0.1, 0.15) is 19.0 Å². The molecule has 0 radical (unpaired) electrons. The molecule has 0 amide bonds. The zero-order valence-corrected chi connectivity index (χ0v) is 9.51. The lowest BCUT2D eigenvalue weighted by molar-refractivity contribution is -0.143. The Labute approximate surface area is 98.5 Å². The first-order valence-electron chi connectivity index (χ1n) is 5.29. The van der Waals surface area contributed by atoms with Gasteiger partial charge < -0.3 is 9.63 Å². The van der Waals surface area contributed by atoms with Crippen LogP contribution in [-0.2, 0) is 10.2 Å². The van der Waals surface area contributed by atoms with Crippen molar-refractivity contribution in [2.45, 2.75) is 18.8 Å². The third kappa shape index (κ3) is 1.71. The van der Waals surface area contributed by atoms with Crippen LogP contribution < -0.4 is 0 Å². The van der Waals surface area contributed by atoms with E-state index in [1.54, 1.807) is 19.1 Å². The van der Waals surface area contributed by atoms with E-state index in [4.69, 9.17) is 4.52 Å². The van der Waals surface area contributed by atoms with Crippen molar-refractivity contribution in [2.75, 3.05) is 0 Å². The first-order valence-corrected chi connectivity index (χ1v) is 5.29. The molecule has 1 unspecified atom stereocenters. The van der Waals surface area contributed by atoms with Crippen molar-refractivity contribution in [3.05, 3.63) is 42.6 Å². The largest absolute Gasteiger partial charge is 0.481 e. The first kappa shape index (κ1) is 11.4. The van der Waals surface area contributed by atoms with E-state index >= 15 is 0 Å². The van der Waals surface area contributed by atoms with Gasteiger partial charge in [0, 0.05) is 5.39 Å². The highest BCUT2D eigenvalue weighted by Crippen LogP contribution is 2.33. The van der Waals surface area contributed by atoms with Gasteiger partial charge >= 0.3 is 5.97 Å². The highest BCUT2D eigenvalue weighted by atomic mass is 16.5. The maximum atomic E-state index is 11.4. The van der Waals surface area contributed by atoms with E-state index in [1.165, 1.54) is 0 Å². The second-order valence-corrected chi connectivity index (χ2v) is 4.16. The fourth-order valence-electron chi connectivity index (χ4n) is 1.86. The van der Waals surface area contributed by atoms with E-state index in [0.29, 0.717) is 17.7 Å². The number of allylic oxidation sites excluding steroid dienone is 1. The van der Waals surface area contributed by atoms with Crippen LogP contribution in [0.5, 0.6) is 0 Å². The molecule has 1 heterocycles. The zero-order valence-electron chi connectivity index (χ0n) is 9.51. The lowest BCUT2D eigenvalue weighted by Crippen LogP contribution is -2.32. The van der Waals surface area contributed by atoms with Gasteiger partial charge in [0.2, 0.25) is 0 Å². The Morgan fingerprint density at radius 1 is 1.59 bits per heavy atom. The number of carbonyl (C=O) groups is 1. The molecule has 0 aliphatic rings. The van der Waals surface area contributed by atoms with Crippen molar-refractivity contribution in [1.82, 2.24) is 5.16 Å². The van der Waals surface area contributed by atoms with E-state index in [2.05, 4.69) is 11.7 Å². The van der Waals surface area contributed by atoms with E-state index < -0.39 is 11.4 Å². The van der Waals surface area contributed by atoms with Crippen molar-refractivity contribution in [3.8, 4) is 0 Å². The summed E-state index contributed by atoms with van der Waals surface area (Å²) < 4.78 is 5.14. The highest BCUT2D eigenvalue weighted by molar-refractivity contribution is 5.89. The Bertz CT molecular complexity index is 573. The number of aliphatic carboxylic acids is 1. The second kappa shape index (κ2) is 4.05. The summed E-state index contributed by atoms with van der Waals surface area (Å²) in [6.07, 6.45) is 1.89. The minimum Gasteiger partial charge on any atom is -0.481 e. The highest BCUT2D eigenvalue weighted by Gasteiger charge is 2.38. The van der Waals surface area contributed by atoms with Crippen LogP contribution in [0.4, 0.5) is 0 Å². The van der Waals surface area contributed by atoms with Gasteiger partial charge in [0.25, 0.3) is 0 Å². The molecule has 1 aromatic carbocycles. The number of para-hydroxylation sites is 1. The van der Waals surface area contributed by atoms with Crippen molar-refractivity contribution < 1.29 is 14.4 Å². The van der Waals surface area contributed by atoms with Crippen molar-refractivity contribution in [3.63, 3.8) is 0 Å². The van der Waals surface area contributed by atoms with Crippen LogP contribution in [0, 0.1) is 0 Å². The summed E-state index contributed by atoms with van der Waals surface area (Å²) in [4.78, 5) is 11.4. The van der Waals surface area contributed by atoms with Crippen molar-refractivity contribution >= 4 is 16.9 Å². The van der Waals surface area contributed by atoms with E-state index in [9.17, 15) is 9.90 Å². The van der Waals surface area contributed by atoms with Crippen LogP contribution in [0.15, 0.2) is 41.4 Å². The standard InChI is InChI=1S/C13H13NO3/c1-3-8-13(2,12(15)16)11-9-6-4-5-7-10(9)17-14-11/h3-7H,1,8H2,2H3,(H,15,16). The number of hydrogen-bond acceptors (Lipinski definition) is 3. The summed E-state index contributed by atoms with van der Waals surface area (Å²) in [6.45, 7) is 5.22. The number of benzene rings is 1. The summed E-state index contributed by atoms with van der Waals surface area (Å²) in [7, 11) is 0. The smallest absolute Gasteiger partial charge is 0.315 e.